The Balaban J connectivity index is 1.95. The summed E-state index contributed by atoms with van der Waals surface area (Å²) in [5, 5.41) is 11.1. The van der Waals surface area contributed by atoms with E-state index >= 15 is 0 Å². The minimum atomic E-state index is -0.911. The summed E-state index contributed by atoms with van der Waals surface area (Å²) >= 11 is 0. The van der Waals surface area contributed by atoms with E-state index in [1.54, 1.807) is 4.90 Å². The van der Waals surface area contributed by atoms with E-state index in [-0.39, 0.29) is 17.2 Å². The maximum atomic E-state index is 12.1. The number of ether oxygens (including phenoxy) is 1. The van der Waals surface area contributed by atoms with E-state index in [1.807, 2.05) is 0 Å². The van der Waals surface area contributed by atoms with Crippen LogP contribution in [-0.2, 0) is 14.3 Å². The van der Waals surface area contributed by atoms with Crippen LogP contribution in [0.25, 0.3) is 0 Å². The lowest BCUT2D eigenvalue weighted by Crippen LogP contribution is -2.51. The molecule has 1 aromatic rings. The minimum Gasteiger partial charge on any atom is -0.452 e. The molecule has 1 aliphatic rings. The summed E-state index contributed by atoms with van der Waals surface area (Å²) in [6.45, 7) is 4.07. The summed E-state index contributed by atoms with van der Waals surface area (Å²) in [5.74, 6) is -1.36. The molecule has 0 aromatic heterocycles. The predicted molar refractivity (Wildman–Crippen MR) is 86.9 cm³/mol. The quantitative estimate of drug-likeness (QED) is 0.451. The third kappa shape index (κ3) is 4.31. The molecule has 9 heteroatoms. The largest absolute Gasteiger partial charge is 0.452 e. The van der Waals surface area contributed by atoms with Gasteiger partial charge in [0.15, 0.2) is 6.61 Å². The summed E-state index contributed by atoms with van der Waals surface area (Å²) in [6.07, 6.45) is 0. The Morgan fingerprint density at radius 1 is 1.16 bits per heavy atom. The molecule has 9 nitrogen and oxygen atoms in total. The molecular formula is C16H19N3O6. The fourth-order valence-corrected chi connectivity index (χ4v) is 2.63. The molecule has 1 aliphatic heterocycles. The van der Waals surface area contributed by atoms with Gasteiger partial charge in [0.05, 0.1) is 4.92 Å². The van der Waals surface area contributed by atoms with Crippen LogP contribution >= 0.6 is 0 Å². The van der Waals surface area contributed by atoms with Gasteiger partial charge in [0, 0.05) is 38.7 Å². The molecule has 134 valence electrons. The lowest BCUT2D eigenvalue weighted by Gasteiger charge is -2.34. The van der Waals surface area contributed by atoms with Crippen molar-refractivity contribution in [2.45, 2.75) is 13.8 Å². The number of amides is 2. The first-order valence-electron chi connectivity index (χ1n) is 7.75. The van der Waals surface area contributed by atoms with E-state index in [1.165, 1.54) is 36.9 Å². The van der Waals surface area contributed by atoms with Crippen LogP contribution in [0.2, 0.25) is 0 Å². The summed E-state index contributed by atoms with van der Waals surface area (Å²) in [7, 11) is 0. The number of nitro groups is 1. The van der Waals surface area contributed by atoms with E-state index in [9.17, 15) is 24.5 Å². The molecule has 0 bridgehead atoms. The first-order chi connectivity index (χ1) is 11.8. The molecule has 0 atom stereocenters. The van der Waals surface area contributed by atoms with Crippen LogP contribution in [0.4, 0.5) is 5.69 Å². The average Bonchev–Trinajstić information content (AvgIpc) is 2.58. The van der Waals surface area contributed by atoms with Crippen LogP contribution in [0.1, 0.15) is 22.8 Å². The normalized spacial score (nSPS) is 14.2. The number of benzene rings is 1. The van der Waals surface area contributed by atoms with Gasteiger partial charge in [-0.05, 0) is 13.0 Å². The van der Waals surface area contributed by atoms with Crippen LogP contribution < -0.4 is 0 Å². The molecule has 0 unspecified atom stereocenters. The van der Waals surface area contributed by atoms with Gasteiger partial charge >= 0.3 is 5.97 Å². The summed E-state index contributed by atoms with van der Waals surface area (Å²) in [4.78, 5) is 49.1. The van der Waals surface area contributed by atoms with E-state index in [0.717, 1.165) is 0 Å². The highest BCUT2D eigenvalue weighted by atomic mass is 16.6. The van der Waals surface area contributed by atoms with E-state index in [0.29, 0.717) is 31.7 Å². The first kappa shape index (κ1) is 18.4. The molecule has 0 aliphatic carbocycles. The van der Waals surface area contributed by atoms with E-state index in [4.69, 9.17) is 4.74 Å². The van der Waals surface area contributed by atoms with Crippen molar-refractivity contribution in [2.24, 2.45) is 0 Å². The van der Waals surface area contributed by atoms with Gasteiger partial charge in [-0.15, -0.1) is 0 Å². The topological polar surface area (TPSA) is 110 Å². The molecule has 2 rings (SSSR count). The highest BCUT2D eigenvalue weighted by molar-refractivity contribution is 5.95. The second-order valence-electron chi connectivity index (χ2n) is 5.69. The van der Waals surface area contributed by atoms with Crippen LogP contribution in [0, 0.1) is 17.0 Å². The van der Waals surface area contributed by atoms with Crippen LogP contribution in [0.3, 0.4) is 0 Å². The Hall–Kier alpha value is -2.97. The second kappa shape index (κ2) is 7.73. The lowest BCUT2D eigenvalue weighted by atomic mass is 10.1. The Morgan fingerprint density at radius 3 is 2.32 bits per heavy atom. The molecule has 25 heavy (non-hydrogen) atoms. The molecule has 1 heterocycles. The number of nitro benzene ring substituents is 1. The van der Waals surface area contributed by atoms with Gasteiger partial charge < -0.3 is 14.5 Å². The van der Waals surface area contributed by atoms with Gasteiger partial charge in [0.2, 0.25) is 5.91 Å². The highest BCUT2D eigenvalue weighted by Gasteiger charge is 2.26. The molecular weight excluding hydrogens is 330 g/mol. The number of nitrogens with zero attached hydrogens (tertiary/aromatic N) is 3. The molecule has 2 amide bonds. The average molecular weight is 349 g/mol. The number of esters is 1. The zero-order valence-electron chi connectivity index (χ0n) is 14.1. The van der Waals surface area contributed by atoms with Crippen LogP contribution in [0.5, 0.6) is 0 Å². The summed E-state index contributed by atoms with van der Waals surface area (Å²) in [6, 6.07) is 4.33. The monoisotopic (exact) mass is 349 g/mol. The van der Waals surface area contributed by atoms with Gasteiger partial charge in [0.25, 0.3) is 11.6 Å². The second-order valence-corrected chi connectivity index (χ2v) is 5.69. The maximum absolute atomic E-state index is 12.1. The minimum absolute atomic E-state index is 0.0507. The number of carbonyl (C=O) groups is 3. The van der Waals surface area contributed by atoms with Crippen molar-refractivity contribution in [3.8, 4) is 0 Å². The molecule has 1 aromatic carbocycles. The number of hydrogen-bond acceptors (Lipinski definition) is 6. The Bertz CT molecular complexity index is 710. The summed E-state index contributed by atoms with van der Waals surface area (Å²) in [5.41, 5.74) is -0.166. The first-order valence-corrected chi connectivity index (χ1v) is 7.75. The lowest BCUT2D eigenvalue weighted by molar-refractivity contribution is -0.385. The number of aryl methyl sites for hydroxylation is 1. The number of piperazine rings is 1. The standard InChI is InChI=1S/C16H19N3O6/c1-11-4-3-5-13(15(11)19(23)24)16(22)25-10-14(21)18-8-6-17(7-9-18)12(2)20/h3-5H,6-10H2,1-2H3. The number of para-hydroxylation sites is 1. The number of rotatable bonds is 4. The number of carbonyl (C=O) groups excluding carboxylic acids is 3. The van der Waals surface area contributed by atoms with Crippen molar-refractivity contribution in [3.05, 3.63) is 39.4 Å². The van der Waals surface area contributed by atoms with Crippen molar-refractivity contribution in [3.63, 3.8) is 0 Å². The molecule has 0 spiro atoms. The molecule has 0 saturated carbocycles. The maximum Gasteiger partial charge on any atom is 0.345 e. The summed E-state index contributed by atoms with van der Waals surface area (Å²) < 4.78 is 4.95. The van der Waals surface area contributed by atoms with Crippen molar-refractivity contribution in [1.29, 1.82) is 0 Å². The van der Waals surface area contributed by atoms with Crippen LogP contribution in [0.15, 0.2) is 18.2 Å². The number of hydrogen-bond donors (Lipinski definition) is 0. The Morgan fingerprint density at radius 2 is 1.76 bits per heavy atom. The molecule has 0 radical (unpaired) electrons. The molecule has 1 fully saturated rings. The Labute approximate surface area is 144 Å². The fourth-order valence-electron chi connectivity index (χ4n) is 2.63. The SMILES string of the molecule is CC(=O)N1CCN(C(=O)COC(=O)c2cccc(C)c2[N+](=O)[O-])CC1. The Kier molecular flexibility index (Phi) is 5.68. The van der Waals surface area contributed by atoms with Gasteiger partial charge in [0.1, 0.15) is 5.56 Å². The third-order valence-corrected chi connectivity index (χ3v) is 4.04. The predicted octanol–water partition coefficient (Wildman–Crippen LogP) is 0.751. The van der Waals surface area contributed by atoms with Gasteiger partial charge in [-0.3, -0.25) is 19.7 Å². The highest BCUT2D eigenvalue weighted by Crippen LogP contribution is 2.23. The van der Waals surface area contributed by atoms with E-state index in [2.05, 4.69) is 0 Å². The van der Waals surface area contributed by atoms with Crippen LogP contribution in [-0.4, -0.2) is 65.3 Å². The van der Waals surface area contributed by atoms with Gasteiger partial charge in [-0.25, -0.2) is 4.79 Å². The smallest absolute Gasteiger partial charge is 0.345 e. The fraction of sp³-hybridized carbons (Fsp3) is 0.438. The van der Waals surface area contributed by atoms with E-state index < -0.39 is 23.4 Å². The van der Waals surface area contributed by atoms with Crippen molar-refractivity contribution in [2.75, 3.05) is 32.8 Å². The zero-order valence-corrected chi connectivity index (χ0v) is 14.1. The van der Waals surface area contributed by atoms with Gasteiger partial charge in [-0.2, -0.15) is 0 Å². The van der Waals surface area contributed by atoms with Crippen molar-refractivity contribution in [1.82, 2.24) is 9.80 Å². The third-order valence-electron chi connectivity index (χ3n) is 4.04. The molecule has 1 saturated heterocycles. The zero-order chi connectivity index (χ0) is 18.6. The van der Waals surface area contributed by atoms with Crippen molar-refractivity contribution < 1.29 is 24.0 Å². The van der Waals surface area contributed by atoms with Gasteiger partial charge in [-0.1, -0.05) is 12.1 Å². The molecule has 0 N–H and O–H groups in total. The van der Waals surface area contributed by atoms with Crippen molar-refractivity contribution >= 4 is 23.5 Å².